The molecule has 100 valence electrons. The smallest absolute Gasteiger partial charge is 0.0489 e. The van der Waals surface area contributed by atoms with Gasteiger partial charge in [0.05, 0.1) is 0 Å². The molecule has 0 spiro atoms. The number of aliphatic hydroxyl groups is 1. The number of aliphatic hydroxyl groups excluding tert-OH is 1. The van der Waals surface area contributed by atoms with Crippen molar-refractivity contribution in [3.63, 3.8) is 0 Å². The van der Waals surface area contributed by atoms with Crippen LogP contribution < -0.4 is 5.73 Å². The van der Waals surface area contributed by atoms with Gasteiger partial charge >= 0.3 is 0 Å². The minimum Gasteiger partial charge on any atom is -0.396 e. The van der Waals surface area contributed by atoms with Gasteiger partial charge in [-0.25, -0.2) is 0 Å². The van der Waals surface area contributed by atoms with Gasteiger partial charge in [-0.1, -0.05) is 36.8 Å². The lowest BCUT2D eigenvalue weighted by molar-refractivity contribution is 0.0841. The number of nitrogens with zero attached hydrogens (tertiary/aromatic N) is 1. The van der Waals surface area contributed by atoms with Crippen molar-refractivity contribution in [3.05, 3.63) is 35.9 Å². The van der Waals surface area contributed by atoms with E-state index in [4.69, 9.17) is 5.73 Å². The van der Waals surface area contributed by atoms with Crippen molar-refractivity contribution in [1.82, 2.24) is 4.90 Å². The minimum absolute atomic E-state index is 0.130. The molecule has 1 aromatic rings. The Bertz CT molecular complexity index is 332. The lowest BCUT2D eigenvalue weighted by Crippen LogP contribution is -2.41. The molecule has 3 heteroatoms. The second kappa shape index (κ2) is 6.88. The highest BCUT2D eigenvalue weighted by Gasteiger charge is 2.28. The largest absolute Gasteiger partial charge is 0.396 e. The third-order valence-corrected chi connectivity index (χ3v) is 3.91. The SMILES string of the molecule is NCC(CO)C(c1ccccc1)N1CCCCC1. The van der Waals surface area contributed by atoms with Crippen LogP contribution in [0.15, 0.2) is 30.3 Å². The summed E-state index contributed by atoms with van der Waals surface area (Å²) in [6, 6.07) is 10.7. The predicted molar refractivity (Wildman–Crippen MR) is 74.2 cm³/mol. The Morgan fingerprint density at radius 2 is 1.78 bits per heavy atom. The molecule has 3 N–H and O–H groups in total. The highest BCUT2D eigenvalue weighted by Crippen LogP contribution is 2.30. The zero-order valence-corrected chi connectivity index (χ0v) is 11.0. The molecule has 3 nitrogen and oxygen atoms in total. The maximum Gasteiger partial charge on any atom is 0.0489 e. The topological polar surface area (TPSA) is 49.5 Å². The Kier molecular flexibility index (Phi) is 5.17. The molecular formula is C15H24N2O. The molecular weight excluding hydrogens is 224 g/mol. The molecule has 2 rings (SSSR count). The van der Waals surface area contributed by atoms with Gasteiger partial charge in [-0.3, -0.25) is 4.90 Å². The Labute approximate surface area is 110 Å². The molecule has 2 unspecified atom stereocenters. The van der Waals surface area contributed by atoms with Crippen LogP contribution in [0.2, 0.25) is 0 Å². The highest BCUT2D eigenvalue weighted by molar-refractivity contribution is 5.20. The van der Waals surface area contributed by atoms with Crippen molar-refractivity contribution in [2.75, 3.05) is 26.2 Å². The summed E-state index contributed by atoms with van der Waals surface area (Å²) >= 11 is 0. The summed E-state index contributed by atoms with van der Waals surface area (Å²) in [5, 5.41) is 9.58. The van der Waals surface area contributed by atoms with Gasteiger partial charge in [0.25, 0.3) is 0 Å². The predicted octanol–water partition coefficient (Wildman–Crippen LogP) is 1.78. The van der Waals surface area contributed by atoms with E-state index >= 15 is 0 Å². The van der Waals surface area contributed by atoms with Gasteiger partial charge in [0.2, 0.25) is 0 Å². The van der Waals surface area contributed by atoms with Crippen LogP contribution in [-0.4, -0.2) is 36.2 Å². The van der Waals surface area contributed by atoms with Crippen molar-refractivity contribution >= 4 is 0 Å². The third-order valence-electron chi connectivity index (χ3n) is 3.91. The second-order valence-electron chi connectivity index (χ2n) is 5.13. The molecule has 1 fully saturated rings. The van der Waals surface area contributed by atoms with Crippen molar-refractivity contribution in [2.45, 2.75) is 25.3 Å². The van der Waals surface area contributed by atoms with Gasteiger partial charge in [0.15, 0.2) is 0 Å². The van der Waals surface area contributed by atoms with E-state index in [1.54, 1.807) is 0 Å². The van der Waals surface area contributed by atoms with Crippen LogP contribution in [0, 0.1) is 5.92 Å². The minimum atomic E-state index is 0.130. The number of likely N-dealkylation sites (tertiary alicyclic amines) is 1. The van der Waals surface area contributed by atoms with E-state index in [1.165, 1.54) is 24.8 Å². The zero-order chi connectivity index (χ0) is 12.8. The summed E-state index contributed by atoms with van der Waals surface area (Å²) in [5.41, 5.74) is 7.12. The van der Waals surface area contributed by atoms with Gasteiger partial charge in [-0.15, -0.1) is 0 Å². The number of hydrogen-bond acceptors (Lipinski definition) is 3. The average Bonchev–Trinajstić information content (AvgIpc) is 2.46. The van der Waals surface area contributed by atoms with Crippen LogP contribution >= 0.6 is 0 Å². The maximum atomic E-state index is 9.58. The average molecular weight is 248 g/mol. The number of hydrogen-bond donors (Lipinski definition) is 2. The van der Waals surface area contributed by atoms with Crippen molar-refractivity contribution in [3.8, 4) is 0 Å². The molecule has 2 atom stereocenters. The van der Waals surface area contributed by atoms with Gasteiger partial charge < -0.3 is 10.8 Å². The second-order valence-corrected chi connectivity index (χ2v) is 5.13. The third kappa shape index (κ3) is 3.10. The van der Waals surface area contributed by atoms with E-state index in [1.807, 2.05) is 6.07 Å². The molecule has 0 amide bonds. The Morgan fingerprint density at radius 1 is 1.11 bits per heavy atom. The van der Waals surface area contributed by atoms with Crippen LogP contribution in [-0.2, 0) is 0 Å². The molecule has 0 aromatic heterocycles. The van der Waals surface area contributed by atoms with E-state index in [0.29, 0.717) is 6.54 Å². The molecule has 1 aliphatic rings. The van der Waals surface area contributed by atoms with Gasteiger partial charge in [-0.05, 0) is 38.0 Å². The number of piperidine rings is 1. The van der Waals surface area contributed by atoms with Crippen LogP contribution in [0.5, 0.6) is 0 Å². The monoisotopic (exact) mass is 248 g/mol. The molecule has 0 saturated carbocycles. The van der Waals surface area contributed by atoms with E-state index in [-0.39, 0.29) is 18.6 Å². The molecule has 1 aromatic carbocycles. The lowest BCUT2D eigenvalue weighted by atomic mass is 9.90. The molecule has 1 saturated heterocycles. The lowest BCUT2D eigenvalue weighted by Gasteiger charge is -2.38. The molecule has 1 heterocycles. The first kappa shape index (κ1) is 13.5. The molecule has 0 aliphatic carbocycles. The van der Waals surface area contributed by atoms with E-state index in [0.717, 1.165) is 13.1 Å². The van der Waals surface area contributed by atoms with Crippen molar-refractivity contribution in [2.24, 2.45) is 11.7 Å². The quantitative estimate of drug-likeness (QED) is 0.835. The zero-order valence-electron chi connectivity index (χ0n) is 11.0. The molecule has 1 aliphatic heterocycles. The van der Waals surface area contributed by atoms with Crippen LogP contribution in [0.4, 0.5) is 0 Å². The van der Waals surface area contributed by atoms with E-state index < -0.39 is 0 Å². The molecule has 0 bridgehead atoms. The summed E-state index contributed by atoms with van der Waals surface area (Å²) in [6.45, 7) is 2.94. The van der Waals surface area contributed by atoms with E-state index in [9.17, 15) is 5.11 Å². The summed E-state index contributed by atoms with van der Waals surface area (Å²) in [5.74, 6) is 0.130. The van der Waals surface area contributed by atoms with Gasteiger partial charge in [-0.2, -0.15) is 0 Å². The highest BCUT2D eigenvalue weighted by atomic mass is 16.3. The Balaban J connectivity index is 2.21. The maximum absolute atomic E-state index is 9.58. The fourth-order valence-corrected chi connectivity index (χ4v) is 2.93. The Morgan fingerprint density at radius 3 is 2.33 bits per heavy atom. The fourth-order valence-electron chi connectivity index (χ4n) is 2.93. The van der Waals surface area contributed by atoms with Crippen LogP contribution in [0.25, 0.3) is 0 Å². The van der Waals surface area contributed by atoms with Crippen LogP contribution in [0.3, 0.4) is 0 Å². The summed E-state index contributed by atoms with van der Waals surface area (Å²) in [6.07, 6.45) is 3.84. The first-order valence-corrected chi connectivity index (χ1v) is 6.96. The number of benzene rings is 1. The number of rotatable bonds is 5. The summed E-state index contributed by atoms with van der Waals surface area (Å²) < 4.78 is 0. The van der Waals surface area contributed by atoms with Crippen LogP contribution in [0.1, 0.15) is 30.9 Å². The standard InChI is InChI=1S/C15H24N2O/c16-11-14(12-18)15(13-7-3-1-4-8-13)17-9-5-2-6-10-17/h1,3-4,7-8,14-15,18H,2,5-6,9-12,16H2. The van der Waals surface area contributed by atoms with Crippen molar-refractivity contribution < 1.29 is 5.11 Å². The first-order valence-electron chi connectivity index (χ1n) is 6.96. The molecule has 18 heavy (non-hydrogen) atoms. The summed E-state index contributed by atoms with van der Waals surface area (Å²) in [4.78, 5) is 2.49. The van der Waals surface area contributed by atoms with Crippen molar-refractivity contribution in [1.29, 1.82) is 0 Å². The Hall–Kier alpha value is -0.900. The normalized spacial score (nSPS) is 20.6. The number of nitrogens with two attached hydrogens (primary N) is 1. The van der Waals surface area contributed by atoms with E-state index in [2.05, 4.69) is 29.2 Å². The van der Waals surface area contributed by atoms with Gasteiger partial charge in [0, 0.05) is 18.6 Å². The summed E-state index contributed by atoms with van der Waals surface area (Å²) in [7, 11) is 0. The van der Waals surface area contributed by atoms with Gasteiger partial charge in [0.1, 0.15) is 0 Å². The fraction of sp³-hybridized carbons (Fsp3) is 0.600. The molecule has 0 radical (unpaired) electrons. The first-order chi connectivity index (χ1) is 8.86.